The van der Waals surface area contributed by atoms with E-state index in [1.807, 2.05) is 41.3 Å². The van der Waals surface area contributed by atoms with E-state index in [-0.39, 0.29) is 11.3 Å². The predicted molar refractivity (Wildman–Crippen MR) is 81.4 cm³/mol. The Bertz CT molecular complexity index is 759. The number of amides is 1. The van der Waals surface area contributed by atoms with Gasteiger partial charge in [-0.1, -0.05) is 30.0 Å². The average molecular weight is 299 g/mol. The van der Waals surface area contributed by atoms with E-state index < -0.39 is 0 Å². The minimum Gasteiger partial charge on any atom is -0.493 e. The fourth-order valence-electron chi connectivity index (χ4n) is 2.96. The monoisotopic (exact) mass is 299 g/mol. The number of methoxy groups -OCH3 is 2. The maximum absolute atomic E-state index is 12.9. The van der Waals surface area contributed by atoms with Crippen molar-refractivity contribution in [3.63, 3.8) is 0 Å². The lowest BCUT2D eigenvalue weighted by Gasteiger charge is -2.15. The van der Waals surface area contributed by atoms with Gasteiger partial charge in [-0.15, -0.1) is 0 Å². The molecule has 106 valence electrons. The number of carbonyl (C=O) groups excluding carboxylic acids is 1. The fraction of sp³-hybridized carbons (Fsp3) is 0.188. The van der Waals surface area contributed by atoms with Crippen LogP contribution in [-0.2, 0) is 0 Å². The Kier molecular flexibility index (Phi) is 2.65. The van der Waals surface area contributed by atoms with Crippen LogP contribution in [0.1, 0.15) is 21.3 Å². The van der Waals surface area contributed by atoms with Crippen molar-refractivity contribution in [3.05, 3.63) is 47.5 Å². The topological polar surface area (TPSA) is 38.8 Å². The Morgan fingerprint density at radius 3 is 2.67 bits per heavy atom. The lowest BCUT2D eigenvalue weighted by Crippen LogP contribution is -2.23. The van der Waals surface area contributed by atoms with E-state index in [2.05, 4.69) is 0 Å². The van der Waals surface area contributed by atoms with Gasteiger partial charge in [0.15, 0.2) is 11.5 Å². The fourth-order valence-corrected chi connectivity index (χ4v) is 4.29. The highest BCUT2D eigenvalue weighted by Gasteiger charge is 2.46. The Morgan fingerprint density at radius 1 is 1.10 bits per heavy atom. The van der Waals surface area contributed by atoms with Crippen molar-refractivity contribution >= 4 is 23.4 Å². The Morgan fingerprint density at radius 2 is 1.90 bits per heavy atom. The van der Waals surface area contributed by atoms with Crippen LogP contribution < -0.4 is 14.4 Å². The molecule has 0 fully saturated rings. The first-order valence-electron chi connectivity index (χ1n) is 6.60. The van der Waals surface area contributed by atoms with Crippen LogP contribution in [0.25, 0.3) is 0 Å². The van der Waals surface area contributed by atoms with Crippen LogP contribution in [0.4, 0.5) is 5.69 Å². The molecule has 1 atom stereocenters. The molecule has 0 unspecified atom stereocenters. The first-order chi connectivity index (χ1) is 10.3. The third-order valence-electron chi connectivity index (χ3n) is 3.87. The van der Waals surface area contributed by atoms with Gasteiger partial charge >= 0.3 is 0 Å². The summed E-state index contributed by atoms with van der Waals surface area (Å²) in [6.07, 6.45) is 0. The lowest BCUT2D eigenvalue weighted by molar-refractivity contribution is 0.0993. The van der Waals surface area contributed by atoms with E-state index in [9.17, 15) is 4.79 Å². The van der Waals surface area contributed by atoms with Crippen molar-refractivity contribution in [2.24, 2.45) is 0 Å². The number of anilines is 1. The molecule has 2 aliphatic rings. The third-order valence-corrected chi connectivity index (χ3v) is 5.16. The highest BCUT2D eigenvalue weighted by molar-refractivity contribution is 8.00. The summed E-state index contributed by atoms with van der Waals surface area (Å²) in [6, 6.07) is 11.8. The molecule has 5 heteroatoms. The van der Waals surface area contributed by atoms with Gasteiger partial charge in [0, 0.05) is 10.5 Å². The first-order valence-corrected chi connectivity index (χ1v) is 7.48. The molecular formula is C16H13NO3S. The minimum atomic E-state index is -0.0248. The second kappa shape index (κ2) is 4.43. The van der Waals surface area contributed by atoms with E-state index in [0.29, 0.717) is 17.1 Å². The summed E-state index contributed by atoms with van der Waals surface area (Å²) in [4.78, 5) is 15.8. The first kappa shape index (κ1) is 12.6. The number of hydrogen-bond donors (Lipinski definition) is 0. The van der Waals surface area contributed by atoms with Crippen molar-refractivity contribution in [3.8, 4) is 11.5 Å². The molecule has 0 aliphatic carbocycles. The van der Waals surface area contributed by atoms with Crippen LogP contribution in [0, 0.1) is 0 Å². The summed E-state index contributed by atoms with van der Waals surface area (Å²) in [6.45, 7) is 0. The van der Waals surface area contributed by atoms with Crippen LogP contribution in [0.15, 0.2) is 41.3 Å². The van der Waals surface area contributed by atoms with Gasteiger partial charge in [-0.3, -0.25) is 9.69 Å². The van der Waals surface area contributed by atoms with E-state index in [0.717, 1.165) is 16.1 Å². The molecule has 2 heterocycles. The molecule has 2 aromatic carbocycles. The molecule has 2 aliphatic heterocycles. The number of carbonyl (C=O) groups is 1. The average Bonchev–Trinajstić information content (AvgIpc) is 3.03. The molecule has 0 aromatic heterocycles. The number of nitrogens with zero attached hydrogens (tertiary/aromatic N) is 1. The van der Waals surface area contributed by atoms with Crippen LogP contribution in [0.3, 0.4) is 0 Å². The number of benzene rings is 2. The highest BCUT2D eigenvalue weighted by atomic mass is 32.2. The Labute approximate surface area is 126 Å². The van der Waals surface area contributed by atoms with Crippen LogP contribution in [-0.4, -0.2) is 20.1 Å². The van der Waals surface area contributed by atoms with Crippen molar-refractivity contribution < 1.29 is 14.3 Å². The van der Waals surface area contributed by atoms with E-state index in [1.54, 1.807) is 26.0 Å². The molecule has 1 amide bonds. The molecule has 0 N–H and O–H groups in total. The standard InChI is InChI=1S/C16H13NO3S/c1-19-11-8-7-9-13(14(11)20-2)15(18)17-10-5-3-4-6-12(10)21-16(9)17/h3-8,16H,1-2H3/t16-/m0/s1. The zero-order valence-electron chi connectivity index (χ0n) is 11.6. The normalized spacial score (nSPS) is 18.3. The van der Waals surface area contributed by atoms with E-state index >= 15 is 0 Å². The second-order valence-corrected chi connectivity index (χ2v) is 6.00. The maximum Gasteiger partial charge on any atom is 0.263 e. The number of thioether (sulfide) groups is 1. The lowest BCUT2D eigenvalue weighted by atomic mass is 10.1. The summed E-state index contributed by atoms with van der Waals surface area (Å²) in [5.74, 6) is 1.08. The molecule has 21 heavy (non-hydrogen) atoms. The summed E-state index contributed by atoms with van der Waals surface area (Å²) in [7, 11) is 3.14. The number of para-hydroxylation sites is 1. The van der Waals surface area contributed by atoms with Crippen LogP contribution in [0.2, 0.25) is 0 Å². The highest BCUT2D eigenvalue weighted by Crippen LogP contribution is 2.57. The quantitative estimate of drug-likeness (QED) is 0.851. The Hall–Kier alpha value is -2.14. The summed E-state index contributed by atoms with van der Waals surface area (Å²) in [5, 5.41) is -0.00953. The van der Waals surface area contributed by atoms with Crippen molar-refractivity contribution in [1.29, 1.82) is 0 Å². The zero-order chi connectivity index (χ0) is 14.6. The number of ether oxygens (including phenoxy) is 2. The second-order valence-electron chi connectivity index (χ2n) is 4.88. The van der Waals surface area contributed by atoms with Crippen molar-refractivity contribution in [2.75, 3.05) is 19.1 Å². The molecule has 0 saturated carbocycles. The molecular weight excluding hydrogens is 286 g/mol. The van der Waals surface area contributed by atoms with Gasteiger partial charge in [-0.05, 0) is 18.2 Å². The Balaban J connectivity index is 1.91. The predicted octanol–water partition coefficient (Wildman–Crippen LogP) is 3.47. The molecule has 0 spiro atoms. The van der Waals surface area contributed by atoms with Gasteiger partial charge in [0.25, 0.3) is 5.91 Å². The molecule has 0 saturated heterocycles. The maximum atomic E-state index is 12.9. The minimum absolute atomic E-state index is 0.00953. The molecule has 4 nitrogen and oxygen atoms in total. The largest absolute Gasteiger partial charge is 0.493 e. The van der Waals surface area contributed by atoms with Gasteiger partial charge < -0.3 is 9.47 Å². The number of hydrogen-bond acceptors (Lipinski definition) is 4. The third kappa shape index (κ3) is 1.55. The summed E-state index contributed by atoms with van der Waals surface area (Å²) in [5.41, 5.74) is 2.57. The van der Waals surface area contributed by atoms with Gasteiger partial charge in [0.05, 0.1) is 25.5 Å². The molecule has 0 bridgehead atoms. The summed E-state index contributed by atoms with van der Waals surface area (Å²) < 4.78 is 10.7. The molecule has 2 aromatic rings. The van der Waals surface area contributed by atoms with Crippen molar-refractivity contribution in [2.45, 2.75) is 10.3 Å². The number of fused-ring (bicyclic) bond motifs is 5. The van der Waals surface area contributed by atoms with E-state index in [4.69, 9.17) is 9.47 Å². The number of rotatable bonds is 2. The molecule has 0 radical (unpaired) electrons. The van der Waals surface area contributed by atoms with Gasteiger partial charge in [-0.2, -0.15) is 0 Å². The molecule has 4 rings (SSSR count). The van der Waals surface area contributed by atoms with Gasteiger partial charge in [-0.25, -0.2) is 0 Å². The van der Waals surface area contributed by atoms with Gasteiger partial charge in [0.1, 0.15) is 5.37 Å². The summed E-state index contributed by atoms with van der Waals surface area (Å²) >= 11 is 1.69. The smallest absolute Gasteiger partial charge is 0.263 e. The SMILES string of the molecule is COc1ccc2c(c1OC)C(=O)N1c3ccccc3S[C@@H]21. The zero-order valence-corrected chi connectivity index (χ0v) is 12.4. The van der Waals surface area contributed by atoms with Crippen molar-refractivity contribution in [1.82, 2.24) is 0 Å². The van der Waals surface area contributed by atoms with Crippen LogP contribution >= 0.6 is 11.8 Å². The van der Waals surface area contributed by atoms with E-state index in [1.165, 1.54) is 0 Å². The van der Waals surface area contributed by atoms with Crippen LogP contribution in [0.5, 0.6) is 11.5 Å². The van der Waals surface area contributed by atoms with Gasteiger partial charge in [0.2, 0.25) is 0 Å².